The van der Waals surface area contributed by atoms with E-state index >= 15 is 0 Å². The Balaban J connectivity index is 2.33. The summed E-state index contributed by atoms with van der Waals surface area (Å²) in [6.45, 7) is 2.11. The van der Waals surface area contributed by atoms with Gasteiger partial charge in [-0.1, -0.05) is 24.3 Å². The summed E-state index contributed by atoms with van der Waals surface area (Å²) in [5.41, 5.74) is 0. The van der Waals surface area contributed by atoms with E-state index in [0.29, 0.717) is 6.61 Å². The Labute approximate surface area is 57.4 Å². The molecule has 0 N–H and O–H groups in total. The Morgan fingerprint density at radius 3 is 2.78 bits per heavy atom. The standard InChI is InChI=1S/C8H12O/c1-2-9-7-8-5-3-4-6-8/h3-6,8H,2,7H2,1H3/i7D. The molecule has 1 aliphatic carbocycles. The van der Waals surface area contributed by atoms with Crippen LogP contribution in [0.5, 0.6) is 0 Å². The van der Waals surface area contributed by atoms with Crippen molar-refractivity contribution in [1.82, 2.24) is 0 Å². The Kier molecular flexibility index (Phi) is 2.02. The van der Waals surface area contributed by atoms with Gasteiger partial charge in [-0.05, 0) is 6.92 Å². The van der Waals surface area contributed by atoms with Crippen LogP contribution < -0.4 is 0 Å². The SMILES string of the molecule is [2H]C(OCC)C1C=CC=C1. The zero-order chi connectivity index (χ0) is 7.40. The molecule has 50 valence electrons. The third-order valence-corrected chi connectivity index (χ3v) is 1.20. The van der Waals surface area contributed by atoms with Crippen molar-refractivity contribution in [3.8, 4) is 0 Å². The molecule has 0 amide bonds. The molecule has 0 fully saturated rings. The van der Waals surface area contributed by atoms with Crippen LogP contribution in [0.15, 0.2) is 24.3 Å². The van der Waals surface area contributed by atoms with Gasteiger partial charge < -0.3 is 4.74 Å². The monoisotopic (exact) mass is 125 g/mol. The minimum absolute atomic E-state index is 0.167. The van der Waals surface area contributed by atoms with Crippen LogP contribution in [0.3, 0.4) is 0 Å². The highest BCUT2D eigenvalue weighted by Crippen LogP contribution is 2.08. The number of ether oxygens (including phenoxy) is 1. The fourth-order valence-corrected chi connectivity index (χ4v) is 0.747. The number of hydrogen-bond acceptors (Lipinski definition) is 1. The summed E-state index contributed by atoms with van der Waals surface area (Å²) in [6, 6.07) is 0. The van der Waals surface area contributed by atoms with E-state index < -0.39 is 6.58 Å². The molecule has 1 aliphatic rings. The van der Waals surface area contributed by atoms with Gasteiger partial charge in [0.25, 0.3) is 0 Å². The van der Waals surface area contributed by atoms with E-state index in [2.05, 4.69) is 0 Å². The van der Waals surface area contributed by atoms with Crippen LogP contribution >= 0.6 is 0 Å². The van der Waals surface area contributed by atoms with Crippen molar-refractivity contribution in [1.29, 1.82) is 0 Å². The Bertz CT molecular complexity index is 139. The van der Waals surface area contributed by atoms with Gasteiger partial charge in [-0.2, -0.15) is 0 Å². The summed E-state index contributed by atoms with van der Waals surface area (Å²) in [7, 11) is 0. The van der Waals surface area contributed by atoms with Gasteiger partial charge in [0.2, 0.25) is 0 Å². The molecule has 1 nitrogen and oxygen atoms in total. The maximum Gasteiger partial charge on any atom is 0.0576 e. The van der Waals surface area contributed by atoms with Gasteiger partial charge in [0, 0.05) is 12.5 Å². The zero-order valence-corrected chi connectivity index (χ0v) is 5.58. The quantitative estimate of drug-likeness (QED) is 0.558. The van der Waals surface area contributed by atoms with Crippen LogP contribution in [-0.2, 0) is 4.74 Å². The average Bonchev–Trinajstić information content (AvgIpc) is 2.38. The van der Waals surface area contributed by atoms with Gasteiger partial charge in [-0.3, -0.25) is 0 Å². The molecule has 0 aromatic carbocycles. The topological polar surface area (TPSA) is 9.23 Å². The van der Waals surface area contributed by atoms with Crippen LogP contribution in [0.1, 0.15) is 8.29 Å². The van der Waals surface area contributed by atoms with Gasteiger partial charge in [-0.25, -0.2) is 0 Å². The lowest BCUT2D eigenvalue weighted by molar-refractivity contribution is 0.136. The van der Waals surface area contributed by atoms with E-state index in [1.54, 1.807) is 0 Å². The van der Waals surface area contributed by atoms with Crippen LogP contribution in [0.4, 0.5) is 0 Å². The molecule has 0 heterocycles. The normalized spacial score (nSPS) is 22.6. The first-order chi connectivity index (χ1) is 4.84. The van der Waals surface area contributed by atoms with Gasteiger partial charge in [0.1, 0.15) is 0 Å². The molecule has 1 atom stereocenters. The van der Waals surface area contributed by atoms with Gasteiger partial charge in [0.15, 0.2) is 0 Å². The predicted octanol–water partition coefficient (Wildman–Crippen LogP) is 1.77. The highest BCUT2D eigenvalue weighted by atomic mass is 16.5. The molecule has 0 aliphatic heterocycles. The van der Waals surface area contributed by atoms with E-state index in [1.165, 1.54) is 0 Å². The van der Waals surface area contributed by atoms with Crippen molar-refractivity contribution in [3.05, 3.63) is 24.3 Å². The summed E-state index contributed by atoms with van der Waals surface area (Å²) < 4.78 is 12.5. The Hall–Kier alpha value is -0.560. The van der Waals surface area contributed by atoms with E-state index in [-0.39, 0.29) is 5.92 Å². The number of allylic oxidation sites excluding steroid dienone is 2. The lowest BCUT2D eigenvalue weighted by Crippen LogP contribution is -2.01. The summed E-state index contributed by atoms with van der Waals surface area (Å²) in [5.74, 6) is 0.167. The molecule has 0 radical (unpaired) electrons. The molecule has 0 aromatic heterocycles. The highest BCUT2D eigenvalue weighted by Gasteiger charge is 2.00. The van der Waals surface area contributed by atoms with Crippen molar-refractivity contribution in [3.63, 3.8) is 0 Å². The second-order valence-electron chi connectivity index (χ2n) is 1.94. The van der Waals surface area contributed by atoms with E-state index in [9.17, 15) is 0 Å². The highest BCUT2D eigenvalue weighted by molar-refractivity contribution is 5.17. The van der Waals surface area contributed by atoms with Gasteiger partial charge in [-0.15, -0.1) is 0 Å². The van der Waals surface area contributed by atoms with Crippen molar-refractivity contribution in [2.75, 3.05) is 13.2 Å². The summed E-state index contributed by atoms with van der Waals surface area (Å²) in [6.07, 6.45) is 7.86. The second kappa shape index (κ2) is 3.46. The van der Waals surface area contributed by atoms with Crippen LogP contribution in [0.2, 0.25) is 0 Å². The molecule has 1 unspecified atom stereocenters. The first-order valence-electron chi connectivity index (χ1n) is 3.81. The van der Waals surface area contributed by atoms with Gasteiger partial charge >= 0.3 is 0 Å². The van der Waals surface area contributed by atoms with Crippen LogP contribution in [-0.4, -0.2) is 13.2 Å². The lowest BCUT2D eigenvalue weighted by atomic mass is 10.2. The van der Waals surface area contributed by atoms with Crippen molar-refractivity contribution >= 4 is 0 Å². The van der Waals surface area contributed by atoms with E-state index in [1.807, 2.05) is 31.2 Å². The van der Waals surface area contributed by atoms with Crippen molar-refractivity contribution in [2.45, 2.75) is 6.92 Å². The van der Waals surface area contributed by atoms with Gasteiger partial charge in [0.05, 0.1) is 7.95 Å². The van der Waals surface area contributed by atoms with Crippen LogP contribution in [0, 0.1) is 5.92 Å². The smallest absolute Gasteiger partial charge is 0.0576 e. The number of rotatable bonds is 3. The maximum atomic E-state index is 7.44. The molecular weight excluding hydrogens is 112 g/mol. The van der Waals surface area contributed by atoms with Crippen molar-refractivity contribution in [2.24, 2.45) is 5.92 Å². The maximum absolute atomic E-state index is 7.44. The Morgan fingerprint density at radius 1 is 1.56 bits per heavy atom. The lowest BCUT2D eigenvalue weighted by Gasteiger charge is -2.02. The summed E-state index contributed by atoms with van der Waals surface area (Å²) in [4.78, 5) is 0. The molecule has 9 heavy (non-hydrogen) atoms. The first-order valence-corrected chi connectivity index (χ1v) is 3.23. The predicted molar refractivity (Wildman–Crippen MR) is 38.3 cm³/mol. The molecule has 1 rings (SSSR count). The molecule has 1 heteroatoms. The summed E-state index contributed by atoms with van der Waals surface area (Å²) >= 11 is 0. The minimum atomic E-state index is -0.417. The first kappa shape index (κ1) is 5.24. The van der Waals surface area contributed by atoms with Crippen molar-refractivity contribution < 1.29 is 6.11 Å². The second-order valence-corrected chi connectivity index (χ2v) is 1.94. The average molecular weight is 125 g/mol. The molecule has 0 saturated heterocycles. The fourth-order valence-electron chi connectivity index (χ4n) is 0.747. The van der Waals surface area contributed by atoms with E-state index in [0.717, 1.165) is 0 Å². The largest absolute Gasteiger partial charge is 0.381 e. The minimum Gasteiger partial charge on any atom is -0.381 e. The summed E-state index contributed by atoms with van der Waals surface area (Å²) in [5, 5.41) is 0. The third-order valence-electron chi connectivity index (χ3n) is 1.20. The molecular formula is C8H12O. The van der Waals surface area contributed by atoms with Crippen LogP contribution in [0.25, 0.3) is 0 Å². The third kappa shape index (κ3) is 2.02. The van der Waals surface area contributed by atoms with E-state index in [4.69, 9.17) is 6.11 Å². The number of hydrogen-bond donors (Lipinski definition) is 0. The molecule has 0 bridgehead atoms. The Morgan fingerprint density at radius 2 is 2.22 bits per heavy atom. The molecule has 0 aromatic rings. The molecule has 0 saturated carbocycles. The molecule has 0 spiro atoms. The fraction of sp³-hybridized carbons (Fsp3) is 0.500. The zero-order valence-electron chi connectivity index (χ0n) is 6.58.